The van der Waals surface area contributed by atoms with Gasteiger partial charge in [-0.05, 0) is 53.4 Å². The highest BCUT2D eigenvalue weighted by Crippen LogP contribution is 2.25. The number of rotatable bonds is 4. The van der Waals surface area contributed by atoms with Gasteiger partial charge in [-0.1, -0.05) is 6.07 Å². The van der Waals surface area contributed by atoms with Crippen molar-refractivity contribution in [3.05, 3.63) is 28.2 Å². The Balaban J connectivity index is 1.79. The molecule has 104 valence electrons. The van der Waals surface area contributed by atoms with Crippen LogP contribution in [0.4, 0.5) is 0 Å². The summed E-state index contributed by atoms with van der Waals surface area (Å²) in [5.74, 6) is 0.604. The molecule has 0 atom stereocenters. The van der Waals surface area contributed by atoms with Gasteiger partial charge < -0.3 is 14.8 Å². The number of carbonyl (C=O) groups is 1. The highest BCUT2D eigenvalue weighted by molar-refractivity contribution is 9.10. The second-order valence-corrected chi connectivity index (χ2v) is 5.53. The Kier molecular flexibility index (Phi) is 5.22. The lowest BCUT2D eigenvalue weighted by Gasteiger charge is -2.23. The Morgan fingerprint density at radius 3 is 2.89 bits per heavy atom. The van der Waals surface area contributed by atoms with Crippen LogP contribution >= 0.6 is 15.9 Å². The number of amides is 1. The Hall–Kier alpha value is -1.07. The fourth-order valence-electron chi connectivity index (χ4n) is 1.98. The summed E-state index contributed by atoms with van der Waals surface area (Å²) in [6.07, 6.45) is 1.75. The number of halogens is 1. The zero-order valence-corrected chi connectivity index (χ0v) is 12.5. The van der Waals surface area contributed by atoms with Crippen molar-refractivity contribution in [2.75, 3.05) is 19.8 Å². The molecule has 0 spiro atoms. The minimum atomic E-state index is -0.0839. The normalized spacial score (nSPS) is 16.1. The van der Waals surface area contributed by atoms with Gasteiger partial charge in [0.25, 0.3) is 5.91 Å². The summed E-state index contributed by atoms with van der Waals surface area (Å²) in [4.78, 5) is 11.8. The van der Waals surface area contributed by atoms with Crippen LogP contribution in [0.2, 0.25) is 0 Å². The second-order valence-electron chi connectivity index (χ2n) is 4.68. The molecule has 0 bridgehead atoms. The molecule has 0 aliphatic carbocycles. The van der Waals surface area contributed by atoms with Crippen LogP contribution in [0.5, 0.6) is 5.75 Å². The molecular weight excluding hydrogens is 310 g/mol. The summed E-state index contributed by atoms with van der Waals surface area (Å²) in [5.41, 5.74) is 1.14. The second kappa shape index (κ2) is 6.91. The average molecular weight is 328 g/mol. The van der Waals surface area contributed by atoms with Crippen LogP contribution in [0.1, 0.15) is 18.4 Å². The molecule has 19 heavy (non-hydrogen) atoms. The van der Waals surface area contributed by atoms with E-state index in [1.54, 1.807) is 0 Å². The molecule has 1 amide bonds. The molecule has 1 heterocycles. The van der Waals surface area contributed by atoms with Gasteiger partial charge in [-0.25, -0.2) is 0 Å². The zero-order valence-electron chi connectivity index (χ0n) is 10.9. The van der Waals surface area contributed by atoms with Gasteiger partial charge in [0, 0.05) is 19.3 Å². The van der Waals surface area contributed by atoms with E-state index in [0.29, 0.717) is 5.75 Å². The Bertz CT molecular complexity index is 444. The quantitative estimate of drug-likeness (QED) is 0.923. The van der Waals surface area contributed by atoms with Crippen LogP contribution in [-0.4, -0.2) is 31.8 Å². The molecule has 0 radical (unpaired) electrons. The molecule has 1 N–H and O–H groups in total. The molecule has 1 aromatic rings. The summed E-state index contributed by atoms with van der Waals surface area (Å²) in [6.45, 7) is 3.48. The molecule has 1 aromatic carbocycles. The van der Waals surface area contributed by atoms with Gasteiger partial charge in [-0.2, -0.15) is 0 Å². The minimum absolute atomic E-state index is 0.0407. The largest absolute Gasteiger partial charge is 0.483 e. The molecule has 1 fully saturated rings. The molecule has 2 rings (SSSR count). The molecule has 0 unspecified atom stereocenters. The van der Waals surface area contributed by atoms with E-state index in [9.17, 15) is 4.79 Å². The van der Waals surface area contributed by atoms with E-state index < -0.39 is 0 Å². The lowest BCUT2D eigenvalue weighted by Crippen LogP contribution is -2.41. The highest BCUT2D eigenvalue weighted by Gasteiger charge is 2.16. The summed E-state index contributed by atoms with van der Waals surface area (Å²) < 4.78 is 11.6. The molecule has 5 heteroatoms. The van der Waals surface area contributed by atoms with Crippen molar-refractivity contribution in [1.82, 2.24) is 5.32 Å². The first-order chi connectivity index (χ1) is 9.15. The third-order valence-electron chi connectivity index (χ3n) is 3.03. The van der Waals surface area contributed by atoms with Crippen molar-refractivity contribution in [3.63, 3.8) is 0 Å². The molecule has 1 aliphatic heterocycles. The zero-order chi connectivity index (χ0) is 13.7. The first-order valence-corrected chi connectivity index (χ1v) is 7.20. The van der Waals surface area contributed by atoms with Crippen LogP contribution in [0, 0.1) is 6.92 Å². The van der Waals surface area contributed by atoms with E-state index >= 15 is 0 Å². The van der Waals surface area contributed by atoms with E-state index in [2.05, 4.69) is 21.2 Å². The topological polar surface area (TPSA) is 47.6 Å². The van der Waals surface area contributed by atoms with Crippen molar-refractivity contribution < 1.29 is 14.3 Å². The maximum atomic E-state index is 11.8. The van der Waals surface area contributed by atoms with E-state index in [-0.39, 0.29) is 18.6 Å². The van der Waals surface area contributed by atoms with Crippen LogP contribution < -0.4 is 10.1 Å². The van der Waals surface area contributed by atoms with Crippen LogP contribution in [-0.2, 0) is 9.53 Å². The van der Waals surface area contributed by atoms with Crippen LogP contribution in [0.15, 0.2) is 22.7 Å². The molecule has 1 saturated heterocycles. The van der Waals surface area contributed by atoms with Crippen molar-refractivity contribution in [1.29, 1.82) is 0 Å². The maximum Gasteiger partial charge on any atom is 0.258 e. The Morgan fingerprint density at radius 2 is 2.21 bits per heavy atom. The van der Waals surface area contributed by atoms with Crippen molar-refractivity contribution >= 4 is 21.8 Å². The fraction of sp³-hybridized carbons (Fsp3) is 0.500. The minimum Gasteiger partial charge on any atom is -0.483 e. The number of aryl methyl sites for hydroxylation is 1. The van der Waals surface area contributed by atoms with Crippen LogP contribution in [0.25, 0.3) is 0 Å². The van der Waals surface area contributed by atoms with Crippen molar-refractivity contribution in [2.45, 2.75) is 25.8 Å². The molecular formula is C14H18BrNO3. The first kappa shape index (κ1) is 14.3. The number of benzene rings is 1. The standard InChI is InChI=1S/C14H18BrNO3/c1-10-2-3-13(12(15)8-10)19-9-14(17)16-11-4-6-18-7-5-11/h2-3,8,11H,4-7,9H2,1H3,(H,16,17). The predicted molar refractivity (Wildman–Crippen MR) is 76.4 cm³/mol. The third-order valence-corrected chi connectivity index (χ3v) is 3.65. The third kappa shape index (κ3) is 4.51. The number of hydrogen-bond acceptors (Lipinski definition) is 3. The van der Waals surface area contributed by atoms with Gasteiger partial charge in [0.2, 0.25) is 0 Å². The number of carbonyl (C=O) groups excluding carboxylic acids is 1. The van der Waals surface area contributed by atoms with E-state index in [4.69, 9.17) is 9.47 Å². The molecule has 1 aliphatic rings. The monoisotopic (exact) mass is 327 g/mol. The Labute approximate surface area is 121 Å². The fourth-order valence-corrected chi connectivity index (χ4v) is 2.59. The van der Waals surface area contributed by atoms with E-state index in [1.165, 1.54) is 0 Å². The lowest BCUT2D eigenvalue weighted by molar-refractivity contribution is -0.124. The van der Waals surface area contributed by atoms with Crippen molar-refractivity contribution in [2.24, 2.45) is 0 Å². The summed E-state index contributed by atoms with van der Waals surface area (Å²) in [7, 11) is 0. The van der Waals surface area contributed by atoms with Gasteiger partial charge in [-0.3, -0.25) is 4.79 Å². The summed E-state index contributed by atoms with van der Waals surface area (Å²) in [6, 6.07) is 6.00. The lowest BCUT2D eigenvalue weighted by atomic mass is 10.1. The molecule has 4 nitrogen and oxygen atoms in total. The van der Waals surface area contributed by atoms with Gasteiger partial charge in [0.05, 0.1) is 4.47 Å². The van der Waals surface area contributed by atoms with Gasteiger partial charge in [0.15, 0.2) is 6.61 Å². The van der Waals surface area contributed by atoms with Gasteiger partial charge in [-0.15, -0.1) is 0 Å². The van der Waals surface area contributed by atoms with E-state index in [0.717, 1.165) is 36.1 Å². The Morgan fingerprint density at radius 1 is 1.47 bits per heavy atom. The number of nitrogens with one attached hydrogen (secondary N) is 1. The van der Waals surface area contributed by atoms with Gasteiger partial charge in [0.1, 0.15) is 5.75 Å². The van der Waals surface area contributed by atoms with E-state index in [1.807, 2.05) is 25.1 Å². The van der Waals surface area contributed by atoms with Crippen LogP contribution in [0.3, 0.4) is 0 Å². The average Bonchev–Trinajstić information content (AvgIpc) is 2.39. The smallest absolute Gasteiger partial charge is 0.258 e. The molecule has 0 aromatic heterocycles. The van der Waals surface area contributed by atoms with Crippen molar-refractivity contribution in [3.8, 4) is 5.75 Å². The summed E-state index contributed by atoms with van der Waals surface area (Å²) in [5, 5.41) is 2.96. The first-order valence-electron chi connectivity index (χ1n) is 6.41. The maximum absolute atomic E-state index is 11.8. The summed E-state index contributed by atoms with van der Waals surface area (Å²) >= 11 is 3.42. The van der Waals surface area contributed by atoms with Gasteiger partial charge >= 0.3 is 0 Å². The SMILES string of the molecule is Cc1ccc(OCC(=O)NC2CCOCC2)c(Br)c1. The number of ether oxygens (including phenoxy) is 2. The highest BCUT2D eigenvalue weighted by atomic mass is 79.9. The molecule has 0 saturated carbocycles. The predicted octanol–water partition coefficient (Wildman–Crippen LogP) is 2.43. The number of hydrogen-bond donors (Lipinski definition) is 1.